The number of nitrogens with zero attached hydrogens (tertiary/aromatic N) is 3. The van der Waals surface area contributed by atoms with Crippen molar-refractivity contribution in [2.75, 3.05) is 23.3 Å². The van der Waals surface area contributed by atoms with E-state index in [1.165, 1.54) is 0 Å². The van der Waals surface area contributed by atoms with Gasteiger partial charge in [0.1, 0.15) is 23.2 Å². The number of nitrogens with one attached hydrogen (secondary N) is 1. The number of ether oxygens (including phenoxy) is 1. The number of piperidine rings is 1. The Morgan fingerprint density at radius 3 is 2.54 bits per heavy atom. The van der Waals surface area contributed by atoms with E-state index in [1.807, 2.05) is 17.0 Å². The molecular weight excluding hydrogens is 448 g/mol. The van der Waals surface area contributed by atoms with Gasteiger partial charge in [-0.05, 0) is 49.1 Å². The highest BCUT2D eigenvalue weighted by Crippen LogP contribution is 2.28. The van der Waals surface area contributed by atoms with E-state index in [-0.39, 0.29) is 12.1 Å². The van der Waals surface area contributed by atoms with E-state index in [1.54, 1.807) is 42.9 Å². The van der Waals surface area contributed by atoms with Crippen molar-refractivity contribution >= 4 is 28.1 Å². The molecule has 0 spiro atoms. The van der Waals surface area contributed by atoms with Gasteiger partial charge in [-0.3, -0.25) is 14.6 Å². The first kappa shape index (κ1) is 22.5. The second kappa shape index (κ2) is 9.54. The Balaban J connectivity index is 1.30. The van der Waals surface area contributed by atoms with Crippen molar-refractivity contribution in [3.8, 4) is 11.6 Å². The Hall–Kier alpha value is -4.27. The highest BCUT2D eigenvalue weighted by Gasteiger charge is 2.30. The molecule has 9 nitrogen and oxygen atoms in total. The van der Waals surface area contributed by atoms with Crippen molar-refractivity contribution < 1.29 is 14.6 Å². The summed E-state index contributed by atoms with van der Waals surface area (Å²) in [5.41, 5.74) is -0.0231. The molecule has 2 aromatic carbocycles. The summed E-state index contributed by atoms with van der Waals surface area (Å²) < 4.78 is 5.93. The third kappa shape index (κ3) is 4.57. The van der Waals surface area contributed by atoms with Crippen LogP contribution in [0.2, 0.25) is 0 Å². The Labute approximate surface area is 200 Å². The number of anilines is 2. The standard InChI is InChI=1S/C26H24N4O5/c31-23-21(22(24(23)32)30-12-2-1-3-13-30)29-20(26(33)34)14-16-4-6-18(7-5-16)35-25-19-9-10-27-15-17(19)8-11-28-25/h4-11,15,20,29H,1-3,12-14H2,(H,33,34)/t20-/m0/s1. The van der Waals surface area contributed by atoms with Gasteiger partial charge < -0.3 is 20.1 Å². The Morgan fingerprint density at radius 1 is 1.03 bits per heavy atom. The Morgan fingerprint density at radius 2 is 1.80 bits per heavy atom. The van der Waals surface area contributed by atoms with Crippen LogP contribution in [0.15, 0.2) is 64.6 Å². The van der Waals surface area contributed by atoms with Crippen LogP contribution >= 0.6 is 0 Å². The first-order chi connectivity index (χ1) is 17.0. The minimum Gasteiger partial charge on any atom is -0.480 e. The zero-order valence-electron chi connectivity index (χ0n) is 18.9. The fraction of sp³-hybridized carbons (Fsp3) is 0.269. The molecular formula is C26H24N4O5. The Bertz CT molecular complexity index is 1430. The fourth-order valence-corrected chi connectivity index (χ4v) is 4.42. The molecule has 9 heteroatoms. The summed E-state index contributed by atoms with van der Waals surface area (Å²) in [6, 6.07) is 9.65. The summed E-state index contributed by atoms with van der Waals surface area (Å²) in [5.74, 6) is -0.0927. The van der Waals surface area contributed by atoms with Gasteiger partial charge in [0.05, 0.1) is 0 Å². The molecule has 1 aliphatic rings. The van der Waals surface area contributed by atoms with E-state index in [4.69, 9.17) is 4.74 Å². The summed E-state index contributed by atoms with van der Waals surface area (Å²) >= 11 is 0. The molecule has 5 rings (SSSR count). The molecule has 0 amide bonds. The first-order valence-corrected chi connectivity index (χ1v) is 11.5. The summed E-state index contributed by atoms with van der Waals surface area (Å²) in [4.78, 5) is 46.6. The van der Waals surface area contributed by atoms with Crippen LogP contribution in [-0.2, 0) is 11.2 Å². The number of carboxylic acids is 1. The summed E-state index contributed by atoms with van der Waals surface area (Å²) in [6.07, 6.45) is 8.16. The van der Waals surface area contributed by atoms with Crippen LogP contribution in [0.3, 0.4) is 0 Å². The van der Waals surface area contributed by atoms with Gasteiger partial charge >= 0.3 is 5.97 Å². The lowest BCUT2D eigenvalue weighted by molar-refractivity contribution is -0.137. The molecule has 0 radical (unpaired) electrons. The van der Waals surface area contributed by atoms with Gasteiger partial charge in [-0.25, -0.2) is 9.78 Å². The molecule has 35 heavy (non-hydrogen) atoms. The molecule has 178 valence electrons. The number of rotatable bonds is 8. The minimum absolute atomic E-state index is 0.112. The fourth-order valence-electron chi connectivity index (χ4n) is 4.42. The third-order valence-corrected chi connectivity index (χ3v) is 6.28. The van der Waals surface area contributed by atoms with Crippen molar-refractivity contribution in [2.45, 2.75) is 31.7 Å². The number of hydrogen-bond acceptors (Lipinski definition) is 8. The number of hydrogen-bond donors (Lipinski definition) is 2. The van der Waals surface area contributed by atoms with Crippen molar-refractivity contribution in [3.63, 3.8) is 0 Å². The molecule has 4 aromatic rings. The highest BCUT2D eigenvalue weighted by molar-refractivity contribution is 5.86. The zero-order valence-corrected chi connectivity index (χ0v) is 18.9. The van der Waals surface area contributed by atoms with Gasteiger partial charge in [0.25, 0.3) is 10.9 Å². The van der Waals surface area contributed by atoms with Crippen LogP contribution in [0, 0.1) is 0 Å². The monoisotopic (exact) mass is 472 g/mol. The lowest BCUT2D eigenvalue weighted by Crippen LogP contribution is -2.47. The van der Waals surface area contributed by atoms with Crippen LogP contribution in [0.1, 0.15) is 24.8 Å². The van der Waals surface area contributed by atoms with E-state index < -0.39 is 22.9 Å². The van der Waals surface area contributed by atoms with Crippen LogP contribution in [0.25, 0.3) is 10.8 Å². The lowest BCUT2D eigenvalue weighted by Gasteiger charge is -2.31. The van der Waals surface area contributed by atoms with Crippen LogP contribution in [-0.4, -0.2) is 40.2 Å². The number of pyridine rings is 2. The molecule has 0 bridgehead atoms. The summed E-state index contributed by atoms with van der Waals surface area (Å²) in [5, 5.41) is 14.3. The maximum Gasteiger partial charge on any atom is 0.326 e. The molecule has 0 aliphatic carbocycles. The third-order valence-electron chi connectivity index (χ3n) is 6.28. The van der Waals surface area contributed by atoms with E-state index in [9.17, 15) is 19.5 Å². The molecule has 1 aliphatic heterocycles. The molecule has 3 heterocycles. The van der Waals surface area contributed by atoms with Crippen molar-refractivity contribution in [3.05, 3.63) is 81.0 Å². The smallest absolute Gasteiger partial charge is 0.326 e. The normalized spacial score (nSPS) is 14.7. The van der Waals surface area contributed by atoms with Gasteiger partial charge in [-0.1, -0.05) is 12.1 Å². The predicted molar refractivity (Wildman–Crippen MR) is 132 cm³/mol. The van der Waals surface area contributed by atoms with Crippen LogP contribution in [0.4, 0.5) is 11.4 Å². The van der Waals surface area contributed by atoms with E-state index in [0.717, 1.165) is 35.6 Å². The predicted octanol–water partition coefficient (Wildman–Crippen LogP) is 3.12. The first-order valence-electron chi connectivity index (χ1n) is 11.5. The number of aromatic nitrogens is 2. The number of fused-ring (bicyclic) bond motifs is 1. The van der Waals surface area contributed by atoms with Gasteiger partial charge in [-0.15, -0.1) is 0 Å². The highest BCUT2D eigenvalue weighted by atomic mass is 16.5. The van der Waals surface area contributed by atoms with Gasteiger partial charge in [0.2, 0.25) is 5.88 Å². The number of carboxylic acid groups (broad SMARTS) is 1. The maximum atomic E-state index is 12.2. The topological polar surface area (TPSA) is 122 Å². The second-order valence-electron chi connectivity index (χ2n) is 8.63. The average Bonchev–Trinajstić information content (AvgIpc) is 2.89. The number of aliphatic carboxylic acids is 1. The lowest BCUT2D eigenvalue weighted by atomic mass is 10.0. The Kier molecular flexibility index (Phi) is 6.13. The summed E-state index contributed by atoms with van der Waals surface area (Å²) in [7, 11) is 0. The van der Waals surface area contributed by atoms with E-state index in [2.05, 4.69) is 15.3 Å². The number of benzene rings is 1. The second-order valence-corrected chi connectivity index (χ2v) is 8.63. The molecule has 1 saturated heterocycles. The van der Waals surface area contributed by atoms with Crippen molar-refractivity contribution in [1.82, 2.24) is 9.97 Å². The van der Waals surface area contributed by atoms with Crippen LogP contribution in [0.5, 0.6) is 11.6 Å². The quantitative estimate of drug-likeness (QED) is 0.373. The van der Waals surface area contributed by atoms with E-state index in [0.29, 0.717) is 30.4 Å². The van der Waals surface area contributed by atoms with Gasteiger partial charge in [0, 0.05) is 48.9 Å². The van der Waals surface area contributed by atoms with E-state index >= 15 is 0 Å². The SMILES string of the molecule is O=C(O)[C@H](Cc1ccc(Oc2nccc3cnccc23)cc1)Nc1c(N2CCCCC2)c(=O)c1=O. The van der Waals surface area contributed by atoms with Crippen LogP contribution < -0.4 is 25.8 Å². The molecule has 1 atom stereocenters. The minimum atomic E-state index is -1.10. The van der Waals surface area contributed by atoms with Crippen molar-refractivity contribution in [1.29, 1.82) is 0 Å². The number of carbonyl (C=O) groups is 1. The largest absolute Gasteiger partial charge is 0.480 e. The van der Waals surface area contributed by atoms with Crippen molar-refractivity contribution in [2.24, 2.45) is 0 Å². The molecule has 1 fully saturated rings. The van der Waals surface area contributed by atoms with Gasteiger partial charge in [0.15, 0.2) is 0 Å². The zero-order chi connectivity index (χ0) is 24.4. The molecule has 0 saturated carbocycles. The van der Waals surface area contributed by atoms with Gasteiger partial charge in [-0.2, -0.15) is 0 Å². The summed E-state index contributed by atoms with van der Waals surface area (Å²) in [6.45, 7) is 1.39. The molecule has 0 unspecified atom stereocenters. The molecule has 2 aromatic heterocycles. The molecule has 2 N–H and O–H groups in total. The average molecular weight is 473 g/mol. The maximum absolute atomic E-state index is 12.2.